The molecule has 0 radical (unpaired) electrons. The number of carbonyl (C=O) groups is 1. The molecular weight excluding hydrogens is 328 g/mol. The third kappa shape index (κ3) is 4.73. The van der Waals surface area contributed by atoms with E-state index in [0.29, 0.717) is 28.5 Å². The average Bonchev–Trinajstić information content (AvgIpc) is 2.57. The van der Waals surface area contributed by atoms with E-state index in [0.717, 1.165) is 5.56 Å². The number of ether oxygens (including phenoxy) is 1. The van der Waals surface area contributed by atoms with Crippen LogP contribution < -0.4 is 10.2 Å². The molecular formula is C18H19ClN2O3. The van der Waals surface area contributed by atoms with E-state index in [1.807, 2.05) is 26.0 Å². The summed E-state index contributed by atoms with van der Waals surface area (Å²) < 4.78 is 5.35. The molecule has 0 bridgehead atoms. The Balaban J connectivity index is 2.01. The summed E-state index contributed by atoms with van der Waals surface area (Å²) in [5, 5.41) is 14.5. The smallest absolute Gasteiger partial charge is 0.277 e. The number of hydrogen-bond donors (Lipinski definition) is 2. The quantitative estimate of drug-likeness (QED) is 0.619. The standard InChI is InChI=1S/C18H19ClN2O3/c1-3-15(13-10-12(2)8-9-16(13)22)20-21-18(23)11-24-17-7-5-4-6-14(17)19/h4-10,22H,3,11H2,1-2H3,(H,21,23)/b20-15+. The molecule has 0 spiro atoms. The van der Waals surface area contributed by atoms with E-state index in [1.165, 1.54) is 0 Å². The molecule has 2 aromatic rings. The van der Waals surface area contributed by atoms with Gasteiger partial charge < -0.3 is 9.84 Å². The monoisotopic (exact) mass is 346 g/mol. The van der Waals surface area contributed by atoms with Crippen LogP contribution in [-0.2, 0) is 4.79 Å². The number of phenols is 1. The first kappa shape index (κ1) is 17.8. The second kappa shape index (κ2) is 8.36. The molecule has 0 saturated heterocycles. The van der Waals surface area contributed by atoms with E-state index in [1.54, 1.807) is 30.3 Å². The lowest BCUT2D eigenvalue weighted by atomic mass is 10.0. The van der Waals surface area contributed by atoms with E-state index < -0.39 is 5.91 Å². The summed E-state index contributed by atoms with van der Waals surface area (Å²) in [4.78, 5) is 11.9. The number of para-hydroxylation sites is 1. The lowest BCUT2D eigenvalue weighted by Gasteiger charge is -2.09. The maximum absolute atomic E-state index is 11.9. The van der Waals surface area contributed by atoms with E-state index in [2.05, 4.69) is 10.5 Å². The molecule has 1 amide bonds. The van der Waals surface area contributed by atoms with Gasteiger partial charge in [-0.25, -0.2) is 5.43 Å². The first-order chi connectivity index (χ1) is 11.5. The van der Waals surface area contributed by atoms with Crippen LogP contribution in [0.15, 0.2) is 47.6 Å². The molecule has 0 heterocycles. The molecule has 2 rings (SSSR count). The molecule has 0 aliphatic rings. The van der Waals surface area contributed by atoms with Crippen LogP contribution in [0, 0.1) is 6.92 Å². The zero-order valence-corrected chi connectivity index (χ0v) is 14.3. The Labute approximate surface area is 145 Å². The van der Waals surface area contributed by atoms with Crippen molar-refractivity contribution in [3.05, 3.63) is 58.6 Å². The number of halogens is 1. The van der Waals surface area contributed by atoms with Crippen LogP contribution in [-0.4, -0.2) is 23.3 Å². The lowest BCUT2D eigenvalue weighted by Crippen LogP contribution is -2.26. The van der Waals surface area contributed by atoms with Crippen LogP contribution in [0.2, 0.25) is 5.02 Å². The fraction of sp³-hybridized carbons (Fsp3) is 0.222. The van der Waals surface area contributed by atoms with E-state index >= 15 is 0 Å². The predicted octanol–water partition coefficient (Wildman–Crippen LogP) is 3.66. The lowest BCUT2D eigenvalue weighted by molar-refractivity contribution is -0.123. The third-order valence-electron chi connectivity index (χ3n) is 3.31. The molecule has 2 N–H and O–H groups in total. The van der Waals surface area contributed by atoms with Crippen LogP contribution in [0.3, 0.4) is 0 Å². The molecule has 0 aliphatic heterocycles. The number of nitrogens with one attached hydrogen (secondary N) is 1. The van der Waals surface area contributed by atoms with Gasteiger partial charge in [-0.3, -0.25) is 4.79 Å². The molecule has 0 atom stereocenters. The Bertz CT molecular complexity index is 760. The third-order valence-corrected chi connectivity index (χ3v) is 3.62. The van der Waals surface area contributed by atoms with Crippen LogP contribution in [0.25, 0.3) is 0 Å². The van der Waals surface area contributed by atoms with E-state index in [9.17, 15) is 9.90 Å². The van der Waals surface area contributed by atoms with Gasteiger partial charge in [0.25, 0.3) is 5.91 Å². The molecule has 24 heavy (non-hydrogen) atoms. The van der Waals surface area contributed by atoms with E-state index in [-0.39, 0.29) is 12.4 Å². The zero-order valence-electron chi connectivity index (χ0n) is 13.5. The van der Waals surface area contributed by atoms with Crippen LogP contribution in [0.5, 0.6) is 11.5 Å². The fourth-order valence-electron chi connectivity index (χ4n) is 2.08. The number of aryl methyl sites for hydroxylation is 1. The highest BCUT2D eigenvalue weighted by molar-refractivity contribution is 6.32. The highest BCUT2D eigenvalue weighted by Gasteiger charge is 2.09. The summed E-state index contributed by atoms with van der Waals surface area (Å²) in [5.41, 5.74) is 4.62. The van der Waals surface area contributed by atoms with Gasteiger partial charge in [0.05, 0.1) is 10.7 Å². The summed E-state index contributed by atoms with van der Waals surface area (Å²) >= 11 is 5.96. The number of phenolic OH excluding ortho intramolecular Hbond substituents is 1. The number of hydrazone groups is 1. The van der Waals surface area contributed by atoms with Gasteiger partial charge in [0.15, 0.2) is 6.61 Å². The minimum atomic E-state index is -0.409. The summed E-state index contributed by atoms with van der Waals surface area (Å²) in [6.07, 6.45) is 0.558. The fourth-order valence-corrected chi connectivity index (χ4v) is 2.27. The van der Waals surface area contributed by atoms with E-state index in [4.69, 9.17) is 16.3 Å². The number of nitrogens with zero attached hydrogens (tertiary/aromatic N) is 1. The Morgan fingerprint density at radius 1 is 1.29 bits per heavy atom. The van der Waals surface area contributed by atoms with Gasteiger partial charge >= 0.3 is 0 Å². The summed E-state index contributed by atoms with van der Waals surface area (Å²) in [7, 11) is 0. The highest BCUT2D eigenvalue weighted by Crippen LogP contribution is 2.23. The Morgan fingerprint density at radius 2 is 2.04 bits per heavy atom. The molecule has 0 aromatic heterocycles. The van der Waals surface area contributed by atoms with Gasteiger partial charge in [-0.2, -0.15) is 5.10 Å². The van der Waals surface area contributed by atoms with Crippen LogP contribution >= 0.6 is 11.6 Å². The van der Waals surface area contributed by atoms with Gasteiger partial charge in [0.2, 0.25) is 0 Å². The molecule has 0 saturated carbocycles. The Hall–Kier alpha value is -2.53. The Morgan fingerprint density at radius 3 is 2.75 bits per heavy atom. The molecule has 2 aromatic carbocycles. The Kier molecular flexibility index (Phi) is 6.21. The van der Waals surface area contributed by atoms with Crippen molar-refractivity contribution >= 4 is 23.2 Å². The first-order valence-electron chi connectivity index (χ1n) is 7.54. The highest BCUT2D eigenvalue weighted by atomic mass is 35.5. The van der Waals surface area contributed by atoms with Crippen LogP contribution in [0.1, 0.15) is 24.5 Å². The van der Waals surface area contributed by atoms with Gasteiger partial charge in [0, 0.05) is 5.56 Å². The van der Waals surface area contributed by atoms with Crippen molar-refractivity contribution in [3.63, 3.8) is 0 Å². The zero-order chi connectivity index (χ0) is 17.5. The number of carbonyl (C=O) groups excluding carboxylic acids is 1. The largest absolute Gasteiger partial charge is 0.507 e. The molecule has 0 aliphatic carbocycles. The number of aromatic hydroxyl groups is 1. The van der Waals surface area contributed by atoms with Crippen molar-refractivity contribution in [2.75, 3.05) is 6.61 Å². The van der Waals surface area contributed by atoms with Crippen molar-refractivity contribution in [2.24, 2.45) is 5.10 Å². The number of amides is 1. The van der Waals surface area contributed by atoms with Crippen LogP contribution in [0.4, 0.5) is 0 Å². The summed E-state index contributed by atoms with van der Waals surface area (Å²) in [6, 6.07) is 12.2. The van der Waals surface area contributed by atoms with Gasteiger partial charge in [-0.1, -0.05) is 42.3 Å². The summed E-state index contributed by atoms with van der Waals surface area (Å²) in [6.45, 7) is 3.61. The molecule has 0 fully saturated rings. The van der Waals surface area contributed by atoms with Gasteiger partial charge in [0.1, 0.15) is 11.5 Å². The maximum Gasteiger partial charge on any atom is 0.277 e. The maximum atomic E-state index is 11.9. The second-order valence-corrected chi connectivity index (χ2v) is 5.59. The van der Waals surface area contributed by atoms with Gasteiger partial charge in [-0.05, 0) is 37.6 Å². The topological polar surface area (TPSA) is 70.9 Å². The van der Waals surface area contributed by atoms with Crippen molar-refractivity contribution in [2.45, 2.75) is 20.3 Å². The van der Waals surface area contributed by atoms with Gasteiger partial charge in [-0.15, -0.1) is 0 Å². The number of hydrogen-bond acceptors (Lipinski definition) is 4. The molecule has 5 nitrogen and oxygen atoms in total. The summed E-state index contributed by atoms with van der Waals surface area (Å²) in [5.74, 6) is 0.154. The predicted molar refractivity (Wildman–Crippen MR) is 94.8 cm³/mol. The minimum absolute atomic E-state index is 0.128. The normalized spacial score (nSPS) is 11.2. The molecule has 6 heteroatoms. The van der Waals surface area contributed by atoms with Crippen molar-refractivity contribution in [1.29, 1.82) is 0 Å². The second-order valence-electron chi connectivity index (χ2n) is 5.19. The molecule has 126 valence electrons. The van der Waals surface area contributed by atoms with Crippen molar-refractivity contribution < 1.29 is 14.6 Å². The average molecular weight is 347 g/mol. The minimum Gasteiger partial charge on any atom is -0.507 e. The molecule has 0 unspecified atom stereocenters. The van der Waals surface area contributed by atoms with Crippen molar-refractivity contribution in [3.8, 4) is 11.5 Å². The first-order valence-corrected chi connectivity index (χ1v) is 7.91. The number of benzene rings is 2. The number of rotatable bonds is 6. The van der Waals surface area contributed by atoms with Crippen molar-refractivity contribution in [1.82, 2.24) is 5.43 Å². The SMILES string of the molecule is CC/C(=N\NC(=O)COc1ccccc1Cl)c1cc(C)ccc1O.